The fraction of sp³-hybridized carbons (Fsp3) is 0.629. The summed E-state index contributed by atoms with van der Waals surface area (Å²) in [5.74, 6) is -2.48. The van der Waals surface area contributed by atoms with E-state index in [2.05, 4.69) is 15.4 Å². The average Bonchev–Trinajstić information content (AvgIpc) is 3.88. The second kappa shape index (κ2) is 14.4. The van der Waals surface area contributed by atoms with Crippen LogP contribution in [0.15, 0.2) is 36.4 Å². The van der Waals surface area contributed by atoms with E-state index < -0.39 is 80.9 Å². The number of hydrogen-bond donors (Lipinski definition) is 3. The third kappa shape index (κ3) is 7.86. The second-order valence-corrected chi connectivity index (χ2v) is 16.4. The van der Waals surface area contributed by atoms with Crippen LogP contribution >= 0.6 is 0 Å². The molecule has 15 nitrogen and oxygen atoms in total. The Balaban J connectivity index is 1.12. The summed E-state index contributed by atoms with van der Waals surface area (Å²) in [6.45, 7) is 1.35. The largest absolute Gasteiger partial charge is 0.444 e. The Kier molecular flexibility index (Phi) is 9.98. The molecule has 1 aromatic rings. The standard InChI is InChI=1S/C35H45N5O10S/c41-30-29-16-26(50-34(45)39-18-22-8-6-7-9-23(22)19-39)20-40(29)31(42)28(36-33(44)49-25-14-15-48-21-25)11-5-3-1-2-4-10-24-17-35(24,37-30)32(43)38-51(46,47)27-12-13-27/h4,6-10,24-29H,1-3,5,11-21H2,(H,36,44)(H,37,41)(H,38,43)/b10-4+/t24-,25?,26-,28+,29+,35-/m1/s1. The predicted octanol–water partition coefficient (Wildman–Crippen LogP) is 2.00. The van der Waals surface area contributed by atoms with Gasteiger partial charge in [0.2, 0.25) is 21.8 Å². The highest BCUT2D eigenvalue weighted by Crippen LogP contribution is 2.46. The Labute approximate surface area is 296 Å². The molecule has 4 fully saturated rings. The van der Waals surface area contributed by atoms with Crippen molar-refractivity contribution >= 4 is 39.9 Å². The van der Waals surface area contributed by atoms with Gasteiger partial charge in [0.15, 0.2) is 0 Å². The van der Waals surface area contributed by atoms with E-state index >= 15 is 0 Å². The van der Waals surface area contributed by atoms with Crippen molar-refractivity contribution in [1.82, 2.24) is 25.2 Å². The van der Waals surface area contributed by atoms with Crippen molar-refractivity contribution in [2.75, 3.05) is 19.8 Å². The number of carbonyl (C=O) groups excluding carboxylic acids is 5. The molecule has 51 heavy (non-hydrogen) atoms. The topological polar surface area (TPSA) is 190 Å². The lowest BCUT2D eigenvalue weighted by atomic mass is 10.0. The van der Waals surface area contributed by atoms with Gasteiger partial charge in [-0.05, 0) is 49.7 Å². The van der Waals surface area contributed by atoms with Gasteiger partial charge in [-0.25, -0.2) is 18.0 Å². The number of fused-ring (bicyclic) bond motifs is 3. The van der Waals surface area contributed by atoms with Gasteiger partial charge < -0.3 is 29.7 Å². The number of alkyl carbamates (subject to hydrolysis) is 1. The molecule has 0 aromatic heterocycles. The van der Waals surface area contributed by atoms with Gasteiger partial charge in [0.1, 0.15) is 29.8 Å². The molecule has 2 saturated carbocycles. The van der Waals surface area contributed by atoms with Gasteiger partial charge in [0, 0.05) is 31.8 Å². The molecule has 1 unspecified atom stereocenters. The summed E-state index contributed by atoms with van der Waals surface area (Å²) in [6.07, 6.45) is 5.82. The number of allylic oxidation sites excluding steroid dienone is 1. The molecule has 6 atom stereocenters. The van der Waals surface area contributed by atoms with Gasteiger partial charge in [-0.1, -0.05) is 49.3 Å². The number of benzene rings is 1. The highest BCUT2D eigenvalue weighted by Gasteiger charge is 2.62. The fourth-order valence-corrected chi connectivity index (χ4v) is 8.82. The zero-order valence-corrected chi connectivity index (χ0v) is 29.2. The quantitative estimate of drug-likeness (QED) is 0.366. The summed E-state index contributed by atoms with van der Waals surface area (Å²) >= 11 is 0. The molecule has 4 heterocycles. The minimum atomic E-state index is -3.90. The highest BCUT2D eigenvalue weighted by molar-refractivity contribution is 7.91. The van der Waals surface area contributed by atoms with Crippen molar-refractivity contribution in [3.05, 3.63) is 47.5 Å². The Hall–Kier alpha value is -4.18. The number of nitrogens with one attached hydrogen (secondary N) is 3. The van der Waals surface area contributed by atoms with Crippen LogP contribution in [0.4, 0.5) is 9.59 Å². The van der Waals surface area contributed by atoms with Crippen LogP contribution in [0.1, 0.15) is 75.3 Å². The molecular formula is C35H45N5O10S. The van der Waals surface area contributed by atoms with Crippen molar-refractivity contribution in [3.8, 4) is 0 Å². The smallest absolute Gasteiger partial charge is 0.410 e. The van der Waals surface area contributed by atoms with E-state index in [1.54, 1.807) is 4.90 Å². The van der Waals surface area contributed by atoms with Crippen molar-refractivity contribution in [2.45, 2.75) is 112 Å². The molecule has 0 bridgehead atoms. The molecule has 0 radical (unpaired) electrons. The number of nitrogens with zero attached hydrogens (tertiary/aromatic N) is 2. The summed E-state index contributed by atoms with van der Waals surface area (Å²) in [4.78, 5) is 71.3. The van der Waals surface area contributed by atoms with E-state index in [0.29, 0.717) is 51.8 Å². The van der Waals surface area contributed by atoms with Crippen LogP contribution in [-0.4, -0.2) is 103 Å². The van der Waals surface area contributed by atoms with Gasteiger partial charge in [0.25, 0.3) is 5.91 Å². The normalized spacial score (nSPS) is 31.6. The van der Waals surface area contributed by atoms with Crippen LogP contribution < -0.4 is 15.4 Å². The van der Waals surface area contributed by atoms with Gasteiger partial charge in [0.05, 0.1) is 25.0 Å². The third-order valence-corrected chi connectivity index (χ3v) is 12.5. The highest BCUT2D eigenvalue weighted by atomic mass is 32.2. The van der Waals surface area contributed by atoms with Crippen molar-refractivity contribution < 1.29 is 46.6 Å². The maximum Gasteiger partial charge on any atom is 0.410 e. The number of ether oxygens (including phenoxy) is 3. The Morgan fingerprint density at radius 3 is 2.43 bits per heavy atom. The van der Waals surface area contributed by atoms with Crippen LogP contribution in [0, 0.1) is 5.92 Å². The minimum absolute atomic E-state index is 0.0563. The molecule has 276 valence electrons. The molecule has 3 N–H and O–H groups in total. The maximum atomic E-state index is 14.3. The SMILES string of the molecule is O=C(N[C@H]1CCCCC/C=C/[C@@H]2C[C@@]2(C(=O)NS(=O)(=O)C2CC2)NC(=O)[C@@H]2C[C@@H](OC(=O)N3Cc4ccccc4C3)CN2C1=O)OC1CCOC1. The molecule has 1 aromatic carbocycles. The molecule has 0 spiro atoms. The van der Waals surface area contributed by atoms with E-state index in [4.69, 9.17) is 14.2 Å². The Morgan fingerprint density at radius 1 is 0.961 bits per heavy atom. The number of carbonyl (C=O) groups is 5. The molecule has 6 aliphatic rings. The van der Waals surface area contributed by atoms with Crippen molar-refractivity contribution in [3.63, 3.8) is 0 Å². The van der Waals surface area contributed by atoms with E-state index in [1.165, 1.54) is 4.90 Å². The van der Waals surface area contributed by atoms with Crippen LogP contribution in [0.25, 0.3) is 0 Å². The summed E-state index contributed by atoms with van der Waals surface area (Å²) in [7, 11) is -3.90. The van der Waals surface area contributed by atoms with Gasteiger partial charge >= 0.3 is 12.2 Å². The summed E-state index contributed by atoms with van der Waals surface area (Å²) in [5.41, 5.74) is 0.493. The van der Waals surface area contributed by atoms with Crippen LogP contribution in [0.3, 0.4) is 0 Å². The molecule has 5 amide bonds. The van der Waals surface area contributed by atoms with Gasteiger partial charge in [-0.15, -0.1) is 0 Å². The monoisotopic (exact) mass is 727 g/mol. The third-order valence-electron chi connectivity index (χ3n) is 10.7. The van der Waals surface area contributed by atoms with E-state index in [9.17, 15) is 32.4 Å². The zero-order chi connectivity index (χ0) is 35.8. The first-order valence-corrected chi connectivity index (χ1v) is 19.5. The number of hydrogen-bond acceptors (Lipinski definition) is 10. The predicted molar refractivity (Wildman–Crippen MR) is 180 cm³/mol. The van der Waals surface area contributed by atoms with Crippen LogP contribution in [0.2, 0.25) is 0 Å². The number of sulfonamides is 1. The first-order chi connectivity index (χ1) is 24.5. The first-order valence-electron chi connectivity index (χ1n) is 17.9. The van der Waals surface area contributed by atoms with Crippen molar-refractivity contribution in [2.24, 2.45) is 5.92 Å². The maximum absolute atomic E-state index is 14.3. The zero-order valence-electron chi connectivity index (χ0n) is 28.4. The minimum Gasteiger partial charge on any atom is -0.444 e. The number of rotatable bonds is 6. The molecule has 7 rings (SSSR count). The van der Waals surface area contributed by atoms with Crippen molar-refractivity contribution in [1.29, 1.82) is 0 Å². The van der Waals surface area contributed by atoms with Crippen LogP contribution in [-0.2, 0) is 51.7 Å². The average molecular weight is 728 g/mol. The summed E-state index contributed by atoms with van der Waals surface area (Å²) in [5, 5.41) is 4.89. The van der Waals surface area contributed by atoms with E-state index in [-0.39, 0.29) is 32.4 Å². The van der Waals surface area contributed by atoms with Gasteiger partial charge in [-0.2, -0.15) is 0 Å². The molecule has 2 aliphatic carbocycles. The molecular weight excluding hydrogens is 682 g/mol. The summed E-state index contributed by atoms with van der Waals surface area (Å²) in [6, 6.07) is 5.48. The van der Waals surface area contributed by atoms with Gasteiger partial charge in [-0.3, -0.25) is 24.0 Å². The summed E-state index contributed by atoms with van der Waals surface area (Å²) < 4.78 is 44.4. The van der Waals surface area contributed by atoms with E-state index in [0.717, 1.165) is 24.0 Å². The van der Waals surface area contributed by atoms with E-state index in [1.807, 2.05) is 36.4 Å². The molecule has 4 aliphatic heterocycles. The lowest BCUT2D eigenvalue weighted by Crippen LogP contribution is -2.58. The van der Waals surface area contributed by atoms with Crippen LogP contribution in [0.5, 0.6) is 0 Å². The molecule has 2 saturated heterocycles. The first kappa shape index (κ1) is 35.2. The Bertz CT molecular complexity index is 1670. The second-order valence-electron chi connectivity index (χ2n) is 14.5. The fourth-order valence-electron chi connectivity index (χ4n) is 7.46. The Morgan fingerprint density at radius 2 is 1.73 bits per heavy atom. The number of amides is 5. The lowest BCUT2D eigenvalue weighted by molar-refractivity contribution is -0.141. The molecule has 16 heteroatoms. The lowest BCUT2D eigenvalue weighted by Gasteiger charge is -2.30.